The standard InChI is InChI=1S/C18H24N2O/c1-13(2)21-17-7-5-6-15(10-17)18(19-4)11-16-9-8-14(3)12-20-16/h5-10,12-13,18-19H,11H2,1-4H3. The van der Waals surface area contributed by atoms with Crippen LogP contribution in [0.5, 0.6) is 5.75 Å². The van der Waals surface area contributed by atoms with E-state index in [2.05, 4.69) is 41.5 Å². The normalized spacial score (nSPS) is 12.4. The molecule has 0 bridgehead atoms. The molecule has 0 aliphatic rings. The van der Waals surface area contributed by atoms with Crippen LogP contribution in [0.2, 0.25) is 0 Å². The van der Waals surface area contributed by atoms with E-state index in [9.17, 15) is 0 Å². The highest BCUT2D eigenvalue weighted by Crippen LogP contribution is 2.22. The molecule has 1 unspecified atom stereocenters. The van der Waals surface area contributed by atoms with Crippen LogP contribution in [0.1, 0.15) is 36.7 Å². The van der Waals surface area contributed by atoms with Gasteiger partial charge in [0, 0.05) is 24.4 Å². The zero-order valence-corrected chi connectivity index (χ0v) is 13.3. The Labute approximate surface area is 127 Å². The molecule has 0 spiro atoms. The summed E-state index contributed by atoms with van der Waals surface area (Å²) in [7, 11) is 1.98. The molecule has 0 saturated heterocycles. The summed E-state index contributed by atoms with van der Waals surface area (Å²) in [5.41, 5.74) is 3.50. The number of pyridine rings is 1. The van der Waals surface area contributed by atoms with Crippen LogP contribution in [-0.2, 0) is 6.42 Å². The first-order valence-corrected chi connectivity index (χ1v) is 7.44. The van der Waals surface area contributed by atoms with Crippen LogP contribution in [0, 0.1) is 6.92 Å². The molecule has 112 valence electrons. The lowest BCUT2D eigenvalue weighted by Gasteiger charge is -2.18. The Morgan fingerprint density at radius 1 is 1.19 bits per heavy atom. The third kappa shape index (κ3) is 4.57. The minimum absolute atomic E-state index is 0.187. The van der Waals surface area contributed by atoms with Crippen molar-refractivity contribution in [3.05, 3.63) is 59.4 Å². The third-order valence-electron chi connectivity index (χ3n) is 3.37. The van der Waals surface area contributed by atoms with Crippen molar-refractivity contribution in [1.29, 1.82) is 0 Å². The molecule has 3 heteroatoms. The number of hydrogen-bond acceptors (Lipinski definition) is 3. The van der Waals surface area contributed by atoms with E-state index < -0.39 is 0 Å². The topological polar surface area (TPSA) is 34.2 Å². The highest BCUT2D eigenvalue weighted by molar-refractivity contribution is 5.31. The van der Waals surface area contributed by atoms with Gasteiger partial charge in [-0.3, -0.25) is 4.98 Å². The summed E-state index contributed by atoms with van der Waals surface area (Å²) in [6, 6.07) is 12.7. The molecular weight excluding hydrogens is 260 g/mol. The van der Waals surface area contributed by atoms with Gasteiger partial charge in [0.2, 0.25) is 0 Å². The van der Waals surface area contributed by atoms with Gasteiger partial charge in [-0.15, -0.1) is 0 Å². The number of aromatic nitrogens is 1. The SMILES string of the molecule is CNC(Cc1ccc(C)cn1)c1cccc(OC(C)C)c1. The molecule has 3 nitrogen and oxygen atoms in total. The maximum Gasteiger partial charge on any atom is 0.120 e. The first-order chi connectivity index (χ1) is 10.1. The molecule has 0 saturated carbocycles. The maximum atomic E-state index is 5.77. The number of aryl methyl sites for hydroxylation is 1. The molecule has 0 aliphatic carbocycles. The van der Waals surface area contributed by atoms with Crippen molar-refractivity contribution in [1.82, 2.24) is 10.3 Å². The molecule has 2 rings (SSSR count). The number of benzene rings is 1. The Bertz CT molecular complexity index is 564. The summed E-state index contributed by atoms with van der Waals surface area (Å²) in [5.74, 6) is 0.916. The Balaban J connectivity index is 2.15. The van der Waals surface area contributed by atoms with Crippen LogP contribution in [0.4, 0.5) is 0 Å². The van der Waals surface area contributed by atoms with E-state index in [1.807, 2.05) is 39.2 Å². The van der Waals surface area contributed by atoms with E-state index in [1.165, 1.54) is 11.1 Å². The lowest BCUT2D eigenvalue weighted by atomic mass is 10.0. The van der Waals surface area contributed by atoms with Gasteiger partial charge in [-0.1, -0.05) is 18.2 Å². The first-order valence-electron chi connectivity index (χ1n) is 7.44. The van der Waals surface area contributed by atoms with E-state index in [-0.39, 0.29) is 12.1 Å². The Hall–Kier alpha value is -1.87. The van der Waals surface area contributed by atoms with E-state index in [1.54, 1.807) is 0 Å². The van der Waals surface area contributed by atoms with Crippen molar-refractivity contribution in [3.8, 4) is 5.75 Å². The number of hydrogen-bond donors (Lipinski definition) is 1. The van der Waals surface area contributed by atoms with Crippen molar-refractivity contribution in [2.75, 3.05) is 7.05 Å². The molecule has 2 aromatic rings. The van der Waals surface area contributed by atoms with E-state index >= 15 is 0 Å². The van der Waals surface area contributed by atoms with Gasteiger partial charge in [0.15, 0.2) is 0 Å². The van der Waals surface area contributed by atoms with Gasteiger partial charge >= 0.3 is 0 Å². The lowest BCUT2D eigenvalue weighted by Crippen LogP contribution is -2.19. The Morgan fingerprint density at radius 2 is 2.00 bits per heavy atom. The Kier molecular flexibility index (Phi) is 5.34. The van der Waals surface area contributed by atoms with E-state index in [0.29, 0.717) is 0 Å². The molecule has 0 amide bonds. The minimum Gasteiger partial charge on any atom is -0.491 e. The number of likely N-dealkylation sites (N-methyl/N-ethyl adjacent to an activating group) is 1. The van der Waals surface area contributed by atoms with Crippen LogP contribution in [0.25, 0.3) is 0 Å². The molecule has 21 heavy (non-hydrogen) atoms. The molecule has 1 heterocycles. The van der Waals surface area contributed by atoms with Crippen molar-refractivity contribution >= 4 is 0 Å². The molecule has 1 aromatic heterocycles. The monoisotopic (exact) mass is 284 g/mol. The second-order valence-corrected chi connectivity index (χ2v) is 5.61. The second kappa shape index (κ2) is 7.23. The van der Waals surface area contributed by atoms with Crippen molar-refractivity contribution in [2.45, 2.75) is 39.3 Å². The number of ether oxygens (including phenoxy) is 1. The second-order valence-electron chi connectivity index (χ2n) is 5.61. The van der Waals surface area contributed by atoms with Crippen molar-refractivity contribution in [2.24, 2.45) is 0 Å². The summed E-state index contributed by atoms with van der Waals surface area (Å²) in [4.78, 5) is 4.49. The Morgan fingerprint density at radius 3 is 2.62 bits per heavy atom. The van der Waals surface area contributed by atoms with Crippen LogP contribution >= 0.6 is 0 Å². The average molecular weight is 284 g/mol. The van der Waals surface area contributed by atoms with Crippen LogP contribution < -0.4 is 10.1 Å². The summed E-state index contributed by atoms with van der Waals surface area (Å²) >= 11 is 0. The molecule has 0 radical (unpaired) electrons. The molecule has 1 atom stereocenters. The fourth-order valence-corrected chi connectivity index (χ4v) is 2.29. The highest BCUT2D eigenvalue weighted by atomic mass is 16.5. The summed E-state index contributed by atoms with van der Waals surface area (Å²) in [6.07, 6.45) is 2.97. The summed E-state index contributed by atoms with van der Waals surface area (Å²) in [5, 5.41) is 3.37. The molecule has 1 N–H and O–H groups in total. The van der Waals surface area contributed by atoms with Crippen LogP contribution in [0.15, 0.2) is 42.6 Å². The maximum absolute atomic E-state index is 5.77. The predicted octanol–water partition coefficient (Wildman–Crippen LogP) is 3.68. The van der Waals surface area contributed by atoms with Gasteiger partial charge in [-0.05, 0) is 57.1 Å². The summed E-state index contributed by atoms with van der Waals surface area (Å²) < 4.78 is 5.77. The smallest absolute Gasteiger partial charge is 0.120 e. The number of nitrogens with zero attached hydrogens (tertiary/aromatic N) is 1. The summed E-state index contributed by atoms with van der Waals surface area (Å²) in [6.45, 7) is 6.13. The first kappa shape index (κ1) is 15.5. The zero-order valence-electron chi connectivity index (χ0n) is 13.3. The van der Waals surface area contributed by atoms with Crippen LogP contribution in [-0.4, -0.2) is 18.1 Å². The van der Waals surface area contributed by atoms with E-state index in [0.717, 1.165) is 17.9 Å². The minimum atomic E-state index is 0.187. The van der Waals surface area contributed by atoms with Gasteiger partial charge in [0.05, 0.1) is 6.10 Å². The molecular formula is C18H24N2O. The fourth-order valence-electron chi connectivity index (χ4n) is 2.29. The van der Waals surface area contributed by atoms with Gasteiger partial charge in [0.1, 0.15) is 5.75 Å². The van der Waals surface area contributed by atoms with Gasteiger partial charge in [-0.25, -0.2) is 0 Å². The van der Waals surface area contributed by atoms with Gasteiger partial charge in [0.25, 0.3) is 0 Å². The van der Waals surface area contributed by atoms with Crippen LogP contribution in [0.3, 0.4) is 0 Å². The van der Waals surface area contributed by atoms with E-state index in [4.69, 9.17) is 4.74 Å². The van der Waals surface area contributed by atoms with Crippen molar-refractivity contribution in [3.63, 3.8) is 0 Å². The largest absolute Gasteiger partial charge is 0.491 e. The quantitative estimate of drug-likeness (QED) is 0.878. The van der Waals surface area contributed by atoms with Crippen molar-refractivity contribution < 1.29 is 4.74 Å². The molecule has 0 fully saturated rings. The van der Waals surface area contributed by atoms with Gasteiger partial charge in [-0.2, -0.15) is 0 Å². The molecule has 0 aliphatic heterocycles. The zero-order chi connectivity index (χ0) is 15.2. The predicted molar refractivity (Wildman–Crippen MR) is 86.7 cm³/mol. The number of nitrogens with one attached hydrogen (secondary N) is 1. The molecule has 1 aromatic carbocycles. The highest BCUT2D eigenvalue weighted by Gasteiger charge is 2.12. The fraction of sp³-hybridized carbons (Fsp3) is 0.389. The van der Waals surface area contributed by atoms with Gasteiger partial charge < -0.3 is 10.1 Å². The number of rotatable bonds is 6. The average Bonchev–Trinajstić information content (AvgIpc) is 2.46. The lowest BCUT2D eigenvalue weighted by molar-refractivity contribution is 0.242. The third-order valence-corrected chi connectivity index (χ3v) is 3.37.